The third kappa shape index (κ3) is 4.43. The van der Waals surface area contributed by atoms with Crippen LogP contribution in [0.4, 0.5) is 5.69 Å². The van der Waals surface area contributed by atoms with Gasteiger partial charge < -0.3 is 9.38 Å². The van der Waals surface area contributed by atoms with Gasteiger partial charge in [-0.25, -0.2) is 13.1 Å². The molecule has 0 aliphatic rings. The summed E-state index contributed by atoms with van der Waals surface area (Å²) >= 11 is 0. The number of sulfonamides is 1. The molecular weight excluding hydrogens is 310 g/mol. The quantitative estimate of drug-likeness (QED) is 0.820. The molecule has 23 heavy (non-hydrogen) atoms. The maximum atomic E-state index is 12.7. The second kappa shape index (κ2) is 6.47. The zero-order chi connectivity index (χ0) is 17.3. The number of nitrogens with one attached hydrogen (secondary N) is 1. The van der Waals surface area contributed by atoms with Gasteiger partial charge in [-0.3, -0.25) is 0 Å². The van der Waals surface area contributed by atoms with Gasteiger partial charge in [0.05, 0.1) is 39.1 Å². The van der Waals surface area contributed by atoms with Crippen molar-refractivity contribution < 1.29 is 12.9 Å². The lowest BCUT2D eigenvalue weighted by atomic mass is 10.1. The molecule has 0 saturated carbocycles. The molecule has 0 aliphatic carbocycles. The smallest absolute Gasteiger partial charge is 0.241 e. The van der Waals surface area contributed by atoms with E-state index in [1.807, 2.05) is 64.4 Å². The van der Waals surface area contributed by atoms with Gasteiger partial charge in [0.15, 0.2) is 0 Å². The lowest BCUT2D eigenvalue weighted by Gasteiger charge is -2.23. The van der Waals surface area contributed by atoms with Crippen LogP contribution in [0.5, 0.6) is 0 Å². The second-order valence-corrected chi connectivity index (χ2v) is 8.70. The van der Waals surface area contributed by atoms with E-state index >= 15 is 0 Å². The van der Waals surface area contributed by atoms with Gasteiger partial charge in [0.2, 0.25) is 10.0 Å². The van der Waals surface area contributed by atoms with Gasteiger partial charge in [-0.1, -0.05) is 18.2 Å². The number of hydrogen-bond donors (Lipinski definition) is 1. The predicted molar refractivity (Wildman–Crippen MR) is 96.4 cm³/mol. The van der Waals surface area contributed by atoms with Crippen LogP contribution in [0, 0.1) is 0 Å². The number of quaternary nitrogens is 1. The van der Waals surface area contributed by atoms with E-state index in [0.29, 0.717) is 15.9 Å². The summed E-state index contributed by atoms with van der Waals surface area (Å²) in [5.41, 5.74) is 0.978. The molecule has 0 atom stereocenters. The normalized spacial score (nSPS) is 12.6. The van der Waals surface area contributed by atoms with E-state index in [1.54, 1.807) is 12.1 Å². The van der Waals surface area contributed by atoms with E-state index in [-0.39, 0.29) is 0 Å². The molecule has 1 N–H and O–H groups in total. The molecule has 0 radical (unpaired) electrons. The highest BCUT2D eigenvalue weighted by Crippen LogP contribution is 2.27. The van der Waals surface area contributed by atoms with E-state index in [1.165, 1.54) is 0 Å². The highest BCUT2D eigenvalue weighted by atomic mass is 32.2. The van der Waals surface area contributed by atoms with Gasteiger partial charge in [0.25, 0.3) is 0 Å². The van der Waals surface area contributed by atoms with E-state index in [4.69, 9.17) is 0 Å². The van der Waals surface area contributed by atoms with Crippen molar-refractivity contribution in [3.05, 3.63) is 36.4 Å². The summed E-state index contributed by atoms with van der Waals surface area (Å²) in [5, 5.41) is 1.67. The van der Waals surface area contributed by atoms with Crippen molar-refractivity contribution in [2.45, 2.75) is 4.90 Å². The second-order valence-electron chi connectivity index (χ2n) is 6.97. The van der Waals surface area contributed by atoms with Crippen molar-refractivity contribution in [2.24, 2.45) is 0 Å². The molecule has 0 aromatic heterocycles. The first-order valence-electron chi connectivity index (χ1n) is 7.60. The maximum absolute atomic E-state index is 12.7. The topological polar surface area (TPSA) is 49.4 Å². The summed E-state index contributed by atoms with van der Waals surface area (Å²) in [4.78, 5) is 2.30. The Labute approximate surface area is 139 Å². The molecule has 126 valence electrons. The van der Waals surface area contributed by atoms with Crippen LogP contribution in [0.2, 0.25) is 0 Å². The van der Waals surface area contributed by atoms with E-state index in [9.17, 15) is 8.42 Å². The zero-order valence-electron chi connectivity index (χ0n) is 14.5. The lowest BCUT2D eigenvalue weighted by Crippen LogP contribution is -2.41. The van der Waals surface area contributed by atoms with Crippen LogP contribution in [0.3, 0.4) is 0 Å². The molecule has 6 heteroatoms. The molecule has 0 saturated heterocycles. The Kier molecular flexibility index (Phi) is 4.98. The van der Waals surface area contributed by atoms with Crippen LogP contribution in [0.25, 0.3) is 10.8 Å². The summed E-state index contributed by atoms with van der Waals surface area (Å²) in [6, 6.07) is 11.2. The van der Waals surface area contributed by atoms with Crippen LogP contribution < -0.4 is 9.62 Å². The molecule has 2 rings (SSSR count). The number of nitrogens with zero attached hydrogens (tertiary/aromatic N) is 2. The average Bonchev–Trinajstić information content (AvgIpc) is 2.44. The summed E-state index contributed by atoms with van der Waals surface area (Å²) in [6.45, 7) is 1.14. The molecule has 0 heterocycles. The SMILES string of the molecule is CN(C)c1ccc2cccc(S(=O)(=O)NCC[N+](C)(C)C)c2c1. The van der Waals surface area contributed by atoms with Crippen LogP contribution in [0.15, 0.2) is 41.3 Å². The van der Waals surface area contributed by atoms with Gasteiger partial charge >= 0.3 is 0 Å². The highest BCUT2D eigenvalue weighted by molar-refractivity contribution is 7.89. The highest BCUT2D eigenvalue weighted by Gasteiger charge is 2.18. The summed E-state index contributed by atoms with van der Waals surface area (Å²) in [7, 11) is 6.47. The van der Waals surface area contributed by atoms with E-state index in [0.717, 1.165) is 23.0 Å². The fraction of sp³-hybridized carbons (Fsp3) is 0.412. The van der Waals surface area contributed by atoms with Gasteiger partial charge in [0.1, 0.15) is 0 Å². The largest absolute Gasteiger partial charge is 0.378 e. The summed E-state index contributed by atoms with van der Waals surface area (Å²) in [5.74, 6) is 0. The van der Waals surface area contributed by atoms with Crippen molar-refractivity contribution >= 4 is 26.5 Å². The average molecular weight is 336 g/mol. The van der Waals surface area contributed by atoms with E-state index in [2.05, 4.69) is 4.72 Å². The molecule has 0 amide bonds. The van der Waals surface area contributed by atoms with Gasteiger partial charge in [-0.05, 0) is 23.6 Å². The fourth-order valence-electron chi connectivity index (χ4n) is 2.34. The Balaban J connectivity index is 2.39. The Bertz CT molecular complexity index is 793. The standard InChI is InChI=1S/C17H26N3O2S/c1-19(2)15-10-9-14-7-6-8-17(16(14)13-15)23(21,22)18-11-12-20(3,4)5/h6-10,13,18H,11-12H2,1-5H3/q+1. The van der Waals surface area contributed by atoms with Gasteiger partial charge in [0, 0.05) is 25.2 Å². The molecule has 2 aromatic carbocycles. The lowest BCUT2D eigenvalue weighted by molar-refractivity contribution is -0.869. The summed E-state index contributed by atoms with van der Waals surface area (Å²) in [6.07, 6.45) is 0. The molecular formula is C17H26N3O2S+. The number of likely N-dealkylation sites (N-methyl/N-ethyl adjacent to an activating group) is 1. The minimum atomic E-state index is -3.53. The molecule has 0 spiro atoms. The van der Waals surface area contributed by atoms with Crippen molar-refractivity contribution in [3.8, 4) is 0 Å². The minimum absolute atomic E-state index is 0.333. The van der Waals surface area contributed by atoms with Crippen molar-refractivity contribution in [3.63, 3.8) is 0 Å². The third-order valence-corrected chi connectivity index (χ3v) is 5.23. The molecule has 0 aliphatic heterocycles. The van der Waals surface area contributed by atoms with Crippen molar-refractivity contribution in [1.29, 1.82) is 0 Å². The van der Waals surface area contributed by atoms with Crippen molar-refractivity contribution in [1.82, 2.24) is 4.72 Å². The number of benzene rings is 2. The first kappa shape index (κ1) is 17.7. The number of rotatable bonds is 6. The Morgan fingerprint density at radius 3 is 2.39 bits per heavy atom. The van der Waals surface area contributed by atoms with Crippen LogP contribution >= 0.6 is 0 Å². The first-order valence-corrected chi connectivity index (χ1v) is 9.09. The van der Waals surface area contributed by atoms with Crippen LogP contribution in [-0.4, -0.2) is 61.2 Å². The first-order chi connectivity index (χ1) is 10.6. The van der Waals surface area contributed by atoms with Crippen LogP contribution in [-0.2, 0) is 10.0 Å². The molecule has 0 unspecified atom stereocenters. The third-order valence-electron chi connectivity index (χ3n) is 3.71. The van der Waals surface area contributed by atoms with Gasteiger partial charge in [-0.2, -0.15) is 0 Å². The molecule has 2 aromatic rings. The molecule has 0 bridgehead atoms. The van der Waals surface area contributed by atoms with Gasteiger partial charge in [-0.15, -0.1) is 0 Å². The van der Waals surface area contributed by atoms with E-state index < -0.39 is 10.0 Å². The minimum Gasteiger partial charge on any atom is -0.378 e. The Morgan fingerprint density at radius 1 is 1.09 bits per heavy atom. The fourth-order valence-corrected chi connectivity index (χ4v) is 3.58. The number of hydrogen-bond acceptors (Lipinski definition) is 3. The molecule has 0 fully saturated rings. The van der Waals surface area contributed by atoms with Crippen molar-refractivity contribution in [2.75, 3.05) is 53.2 Å². The predicted octanol–water partition coefficient (Wildman–Crippen LogP) is 1.89. The molecule has 5 nitrogen and oxygen atoms in total. The zero-order valence-corrected chi connectivity index (χ0v) is 15.3. The summed E-state index contributed by atoms with van der Waals surface area (Å²) < 4.78 is 28.8. The maximum Gasteiger partial charge on any atom is 0.241 e. The Morgan fingerprint density at radius 2 is 1.78 bits per heavy atom. The Hall–Kier alpha value is -1.63. The number of fused-ring (bicyclic) bond motifs is 1. The van der Waals surface area contributed by atoms with Crippen LogP contribution in [0.1, 0.15) is 0 Å². The monoisotopic (exact) mass is 336 g/mol. The number of anilines is 1.